The van der Waals surface area contributed by atoms with E-state index >= 15 is 0 Å². The van der Waals surface area contributed by atoms with Crippen molar-refractivity contribution in [3.63, 3.8) is 0 Å². The van der Waals surface area contributed by atoms with E-state index in [-0.39, 0.29) is 41.6 Å². The first-order valence-corrected chi connectivity index (χ1v) is 9.15. The van der Waals surface area contributed by atoms with Gasteiger partial charge in [-0.05, 0) is 42.0 Å². The van der Waals surface area contributed by atoms with E-state index < -0.39 is 6.04 Å². The quantitative estimate of drug-likeness (QED) is 0.799. The number of halogens is 1. The number of rotatable bonds is 5. The maximum atomic E-state index is 13.1. The molecule has 7 heteroatoms. The number of hydrogen-bond donors (Lipinski definition) is 2. The number of amides is 2. The van der Waals surface area contributed by atoms with Gasteiger partial charge in [-0.25, -0.2) is 0 Å². The van der Waals surface area contributed by atoms with Crippen LogP contribution in [-0.2, 0) is 4.79 Å². The van der Waals surface area contributed by atoms with E-state index in [1.807, 2.05) is 18.7 Å². The van der Waals surface area contributed by atoms with Crippen molar-refractivity contribution in [2.75, 3.05) is 20.2 Å². The van der Waals surface area contributed by atoms with E-state index in [0.29, 0.717) is 24.4 Å². The number of nitrogens with two attached hydrogens (primary N) is 1. The highest BCUT2D eigenvalue weighted by Gasteiger charge is 2.38. The first-order valence-electron chi connectivity index (χ1n) is 9.15. The van der Waals surface area contributed by atoms with E-state index in [9.17, 15) is 9.59 Å². The van der Waals surface area contributed by atoms with Gasteiger partial charge in [-0.15, -0.1) is 12.4 Å². The highest BCUT2D eigenvalue weighted by atomic mass is 35.5. The highest BCUT2D eigenvalue weighted by molar-refractivity contribution is 5.97. The minimum Gasteiger partial charge on any atom is -0.497 e. The van der Waals surface area contributed by atoms with Gasteiger partial charge in [0.25, 0.3) is 5.91 Å². The molecule has 6 nitrogen and oxygen atoms in total. The van der Waals surface area contributed by atoms with Crippen molar-refractivity contribution in [3.8, 4) is 5.75 Å². The van der Waals surface area contributed by atoms with Crippen LogP contribution in [0.15, 0.2) is 24.3 Å². The van der Waals surface area contributed by atoms with Crippen molar-refractivity contribution >= 4 is 24.2 Å². The van der Waals surface area contributed by atoms with E-state index in [1.165, 1.54) is 0 Å². The highest BCUT2D eigenvalue weighted by Crippen LogP contribution is 2.28. The summed E-state index contributed by atoms with van der Waals surface area (Å²) in [6, 6.07) is 6.37. The molecule has 3 N–H and O–H groups in total. The minimum atomic E-state index is -0.560. The minimum absolute atomic E-state index is 0. The Labute approximate surface area is 168 Å². The standard InChI is InChI=1S/C20H31N3O3.ClH/c1-13(2)17(19(25)23-11-10-16(21)20(3,4)12-23)22-18(24)14-6-8-15(26-5)9-7-14;/h6-9,13,16-17H,10-12,21H2,1-5H3,(H,22,24);1H. The number of piperidine rings is 1. The zero-order chi connectivity index (χ0) is 19.5. The Morgan fingerprint density at radius 2 is 1.85 bits per heavy atom. The molecular weight excluding hydrogens is 366 g/mol. The van der Waals surface area contributed by atoms with Crippen LogP contribution in [0, 0.1) is 11.3 Å². The van der Waals surface area contributed by atoms with Gasteiger partial charge in [0.05, 0.1) is 7.11 Å². The van der Waals surface area contributed by atoms with Gasteiger partial charge in [0.1, 0.15) is 11.8 Å². The second-order valence-corrected chi connectivity index (χ2v) is 8.07. The summed E-state index contributed by atoms with van der Waals surface area (Å²) in [6.45, 7) is 9.28. The average Bonchev–Trinajstić information content (AvgIpc) is 2.61. The number of carbonyl (C=O) groups is 2. The molecule has 0 aromatic heterocycles. The van der Waals surface area contributed by atoms with Crippen LogP contribution in [0.3, 0.4) is 0 Å². The Bertz CT molecular complexity index is 646. The smallest absolute Gasteiger partial charge is 0.251 e. The predicted molar refractivity (Wildman–Crippen MR) is 109 cm³/mol. The number of ether oxygens (including phenoxy) is 1. The topological polar surface area (TPSA) is 84.7 Å². The first-order chi connectivity index (χ1) is 12.2. The molecule has 2 atom stereocenters. The molecule has 1 aliphatic heterocycles. The van der Waals surface area contributed by atoms with Gasteiger partial charge in [-0.2, -0.15) is 0 Å². The Morgan fingerprint density at radius 1 is 1.26 bits per heavy atom. The van der Waals surface area contributed by atoms with Crippen LogP contribution in [0.5, 0.6) is 5.75 Å². The third kappa shape index (κ3) is 5.59. The van der Waals surface area contributed by atoms with Crippen molar-refractivity contribution in [1.29, 1.82) is 0 Å². The lowest BCUT2D eigenvalue weighted by atomic mass is 9.79. The zero-order valence-corrected chi connectivity index (χ0v) is 17.6. The number of benzene rings is 1. The molecule has 1 aromatic carbocycles. The molecule has 0 aliphatic carbocycles. The maximum absolute atomic E-state index is 13.1. The molecular formula is C20H32ClN3O3. The van der Waals surface area contributed by atoms with Crippen molar-refractivity contribution < 1.29 is 14.3 Å². The molecule has 27 heavy (non-hydrogen) atoms. The van der Waals surface area contributed by atoms with E-state index in [2.05, 4.69) is 19.2 Å². The number of likely N-dealkylation sites (tertiary alicyclic amines) is 1. The fourth-order valence-electron chi connectivity index (χ4n) is 3.24. The van der Waals surface area contributed by atoms with Gasteiger partial charge < -0.3 is 20.7 Å². The molecule has 1 fully saturated rings. The number of nitrogens with one attached hydrogen (secondary N) is 1. The van der Waals surface area contributed by atoms with Crippen molar-refractivity contribution in [2.45, 2.75) is 46.2 Å². The lowest BCUT2D eigenvalue weighted by molar-refractivity contribution is -0.137. The van der Waals surface area contributed by atoms with Crippen LogP contribution in [0.25, 0.3) is 0 Å². The molecule has 1 aliphatic rings. The van der Waals surface area contributed by atoms with Gasteiger partial charge in [0, 0.05) is 24.7 Å². The molecule has 0 radical (unpaired) electrons. The van der Waals surface area contributed by atoms with E-state index in [0.717, 1.165) is 6.42 Å². The van der Waals surface area contributed by atoms with Crippen molar-refractivity contribution in [2.24, 2.45) is 17.1 Å². The van der Waals surface area contributed by atoms with Gasteiger partial charge in [0.2, 0.25) is 5.91 Å². The van der Waals surface area contributed by atoms with Crippen LogP contribution in [0.2, 0.25) is 0 Å². The number of carbonyl (C=O) groups excluding carboxylic acids is 2. The molecule has 1 saturated heterocycles. The maximum Gasteiger partial charge on any atom is 0.251 e. The molecule has 0 saturated carbocycles. The third-order valence-electron chi connectivity index (χ3n) is 5.20. The Balaban J connectivity index is 0.00000364. The van der Waals surface area contributed by atoms with Crippen molar-refractivity contribution in [1.82, 2.24) is 10.2 Å². The van der Waals surface area contributed by atoms with Gasteiger partial charge in [-0.1, -0.05) is 27.7 Å². The van der Waals surface area contributed by atoms with Crippen molar-refractivity contribution in [3.05, 3.63) is 29.8 Å². The summed E-state index contributed by atoms with van der Waals surface area (Å²) in [4.78, 5) is 27.5. The van der Waals surface area contributed by atoms with E-state index in [1.54, 1.807) is 31.4 Å². The summed E-state index contributed by atoms with van der Waals surface area (Å²) in [5, 5.41) is 2.90. The predicted octanol–water partition coefficient (Wildman–Crippen LogP) is 2.46. The molecule has 2 rings (SSSR count). The summed E-state index contributed by atoms with van der Waals surface area (Å²) < 4.78 is 5.11. The summed E-state index contributed by atoms with van der Waals surface area (Å²) in [6.07, 6.45) is 0.774. The number of hydrogen-bond acceptors (Lipinski definition) is 4. The zero-order valence-electron chi connectivity index (χ0n) is 16.8. The molecule has 152 valence electrons. The SMILES string of the molecule is COc1ccc(C(=O)NC(C(=O)N2CCC(N)C(C)(C)C2)C(C)C)cc1.Cl. The normalized spacial score (nSPS) is 19.8. The lowest BCUT2D eigenvalue weighted by Gasteiger charge is -2.44. The molecule has 0 bridgehead atoms. The molecule has 0 spiro atoms. The Kier molecular flexibility index (Phi) is 8.11. The summed E-state index contributed by atoms with van der Waals surface area (Å²) in [5.41, 5.74) is 6.55. The molecule has 2 amide bonds. The van der Waals surface area contributed by atoms with Crippen LogP contribution < -0.4 is 15.8 Å². The third-order valence-corrected chi connectivity index (χ3v) is 5.20. The van der Waals surface area contributed by atoms with Gasteiger partial charge >= 0.3 is 0 Å². The average molecular weight is 398 g/mol. The largest absolute Gasteiger partial charge is 0.497 e. The number of nitrogens with zero attached hydrogens (tertiary/aromatic N) is 1. The first kappa shape index (κ1) is 23.2. The fourth-order valence-corrected chi connectivity index (χ4v) is 3.24. The molecule has 2 unspecified atom stereocenters. The lowest BCUT2D eigenvalue weighted by Crippen LogP contribution is -2.59. The Hall–Kier alpha value is -1.79. The van der Waals surface area contributed by atoms with Crippen LogP contribution in [0.1, 0.15) is 44.5 Å². The van der Waals surface area contributed by atoms with Crippen LogP contribution in [0.4, 0.5) is 0 Å². The van der Waals surface area contributed by atoms with E-state index in [4.69, 9.17) is 10.5 Å². The summed E-state index contributed by atoms with van der Waals surface area (Å²) in [7, 11) is 1.58. The second kappa shape index (κ2) is 9.42. The summed E-state index contributed by atoms with van der Waals surface area (Å²) >= 11 is 0. The van der Waals surface area contributed by atoms with Gasteiger partial charge in [-0.3, -0.25) is 9.59 Å². The molecule has 1 aromatic rings. The second-order valence-electron chi connectivity index (χ2n) is 8.07. The Morgan fingerprint density at radius 3 is 2.33 bits per heavy atom. The van der Waals surface area contributed by atoms with Crippen LogP contribution >= 0.6 is 12.4 Å². The monoisotopic (exact) mass is 397 g/mol. The van der Waals surface area contributed by atoms with Crippen LogP contribution in [-0.4, -0.2) is 49.0 Å². The van der Waals surface area contributed by atoms with Gasteiger partial charge in [0.15, 0.2) is 0 Å². The number of methoxy groups -OCH3 is 1. The summed E-state index contributed by atoms with van der Waals surface area (Å²) in [5.74, 6) is 0.378. The molecule has 1 heterocycles. The fraction of sp³-hybridized carbons (Fsp3) is 0.600.